The second-order valence-corrected chi connectivity index (χ2v) is 9.45. The molecule has 172 valence electrons. The van der Waals surface area contributed by atoms with E-state index in [1.807, 2.05) is 54.6 Å². The predicted octanol–water partition coefficient (Wildman–Crippen LogP) is 2.87. The Labute approximate surface area is 193 Å². The largest absolute Gasteiger partial charge is 0.467 e. The molecule has 2 aromatic carbocycles. The number of para-hydroxylation sites is 1. The lowest BCUT2D eigenvalue weighted by molar-refractivity contribution is -0.147. The van der Waals surface area contributed by atoms with Gasteiger partial charge in [-0.2, -0.15) is 0 Å². The van der Waals surface area contributed by atoms with Gasteiger partial charge in [0.25, 0.3) is 5.91 Å². The van der Waals surface area contributed by atoms with Gasteiger partial charge in [0.1, 0.15) is 11.7 Å². The Morgan fingerprint density at radius 2 is 1.85 bits per heavy atom. The highest BCUT2D eigenvalue weighted by atomic mass is 16.5. The van der Waals surface area contributed by atoms with Crippen LogP contribution in [0.5, 0.6) is 0 Å². The summed E-state index contributed by atoms with van der Waals surface area (Å²) in [5.41, 5.74) is 1.95. The number of fused-ring (bicyclic) bond motifs is 3. The first-order valence-electron chi connectivity index (χ1n) is 11.6. The van der Waals surface area contributed by atoms with Crippen LogP contribution in [-0.2, 0) is 20.7 Å². The molecule has 7 heteroatoms. The van der Waals surface area contributed by atoms with Crippen molar-refractivity contribution in [3.05, 3.63) is 65.7 Å². The smallest absolute Gasteiger partial charge is 0.328 e. The van der Waals surface area contributed by atoms with E-state index >= 15 is 0 Å². The number of amides is 2. The molecule has 3 aliphatic carbocycles. The minimum Gasteiger partial charge on any atom is -0.467 e. The first-order chi connectivity index (χ1) is 16.0. The van der Waals surface area contributed by atoms with E-state index in [0.29, 0.717) is 24.8 Å². The fourth-order valence-corrected chi connectivity index (χ4v) is 5.93. The lowest BCUT2D eigenvalue weighted by Crippen LogP contribution is -2.68. The standard InChI is InChI=1S/C26H29N3O4/c1-33-25(32)22(13-16-7-3-2-4-8-16)27-23(30)20-14-18-12-11-17(20)15-26(18)28-21-10-6-5-9-19(21)24(31)29-26/h2-10,17-18,20,22,28H,11-15H2,1H3,(H,27,30)(H,29,31)/t17-,18+,20-,22+,26+/m0/s1. The third kappa shape index (κ3) is 3.96. The SMILES string of the molecule is COC(=O)[C@@H](Cc1ccccc1)NC(=O)[C@H]1C[C@H]2CC[C@H]1C[C@@]21NC(=O)c2ccccc2N1. The molecule has 1 aliphatic heterocycles. The Bertz CT molecular complexity index is 1070. The van der Waals surface area contributed by atoms with Gasteiger partial charge in [0, 0.05) is 23.9 Å². The van der Waals surface area contributed by atoms with Crippen LogP contribution in [0.3, 0.4) is 0 Å². The zero-order valence-corrected chi connectivity index (χ0v) is 18.7. The number of ether oxygens (including phenoxy) is 1. The van der Waals surface area contributed by atoms with Crippen LogP contribution < -0.4 is 16.0 Å². The molecule has 3 fully saturated rings. The van der Waals surface area contributed by atoms with Crippen molar-refractivity contribution in [1.29, 1.82) is 0 Å². The van der Waals surface area contributed by atoms with Crippen molar-refractivity contribution in [2.24, 2.45) is 17.8 Å². The van der Waals surface area contributed by atoms with Crippen molar-refractivity contribution in [1.82, 2.24) is 10.6 Å². The zero-order chi connectivity index (χ0) is 23.0. The molecule has 0 aromatic heterocycles. The Balaban J connectivity index is 1.30. The molecule has 0 unspecified atom stereocenters. The average molecular weight is 448 g/mol. The maximum atomic E-state index is 13.3. The van der Waals surface area contributed by atoms with Crippen molar-refractivity contribution in [3.63, 3.8) is 0 Å². The predicted molar refractivity (Wildman–Crippen MR) is 123 cm³/mol. The molecule has 0 radical (unpaired) electrons. The summed E-state index contributed by atoms with van der Waals surface area (Å²) in [6.07, 6.45) is 3.64. The number of carbonyl (C=O) groups is 3. The molecule has 2 aromatic rings. The number of nitrogens with one attached hydrogen (secondary N) is 3. The fourth-order valence-electron chi connectivity index (χ4n) is 5.93. The van der Waals surface area contributed by atoms with Gasteiger partial charge in [-0.15, -0.1) is 0 Å². The average Bonchev–Trinajstić information content (AvgIpc) is 2.84. The normalized spacial score (nSPS) is 28.3. The highest BCUT2D eigenvalue weighted by Gasteiger charge is 2.55. The molecule has 2 amide bonds. The van der Waals surface area contributed by atoms with Gasteiger partial charge in [-0.3, -0.25) is 9.59 Å². The van der Waals surface area contributed by atoms with E-state index in [0.717, 1.165) is 24.1 Å². The zero-order valence-electron chi connectivity index (χ0n) is 18.7. The number of hydrogen-bond donors (Lipinski definition) is 3. The number of rotatable bonds is 5. The van der Waals surface area contributed by atoms with Crippen molar-refractivity contribution in [2.75, 3.05) is 12.4 Å². The number of benzene rings is 2. The second kappa shape index (κ2) is 8.54. The maximum Gasteiger partial charge on any atom is 0.328 e. The quantitative estimate of drug-likeness (QED) is 0.613. The van der Waals surface area contributed by atoms with E-state index in [-0.39, 0.29) is 29.6 Å². The minimum absolute atomic E-state index is 0.0634. The van der Waals surface area contributed by atoms with Crippen LogP contribution in [0.25, 0.3) is 0 Å². The molecule has 7 nitrogen and oxygen atoms in total. The van der Waals surface area contributed by atoms with Gasteiger partial charge >= 0.3 is 5.97 Å². The number of anilines is 1. The van der Waals surface area contributed by atoms with E-state index in [1.54, 1.807) is 0 Å². The van der Waals surface area contributed by atoms with Crippen LogP contribution in [0.1, 0.15) is 41.6 Å². The van der Waals surface area contributed by atoms with Crippen LogP contribution in [0.15, 0.2) is 54.6 Å². The molecule has 4 aliphatic rings. The van der Waals surface area contributed by atoms with E-state index in [1.165, 1.54) is 7.11 Å². The van der Waals surface area contributed by atoms with Gasteiger partial charge in [-0.25, -0.2) is 4.79 Å². The Kier molecular flexibility index (Phi) is 5.56. The Morgan fingerprint density at radius 3 is 2.58 bits per heavy atom. The molecule has 6 rings (SSSR count). The number of esters is 1. The third-order valence-electron chi connectivity index (χ3n) is 7.56. The summed E-state index contributed by atoms with van der Waals surface area (Å²) < 4.78 is 4.96. The van der Waals surface area contributed by atoms with Crippen molar-refractivity contribution < 1.29 is 19.1 Å². The summed E-state index contributed by atoms with van der Waals surface area (Å²) in [6, 6.07) is 16.4. The third-order valence-corrected chi connectivity index (χ3v) is 7.56. The fraction of sp³-hybridized carbons (Fsp3) is 0.423. The Morgan fingerprint density at radius 1 is 1.09 bits per heavy atom. The van der Waals surface area contributed by atoms with Gasteiger partial charge in [-0.05, 0) is 49.3 Å². The van der Waals surface area contributed by atoms with Gasteiger partial charge in [0.2, 0.25) is 5.91 Å². The molecule has 3 saturated carbocycles. The number of hydrogen-bond acceptors (Lipinski definition) is 5. The van der Waals surface area contributed by atoms with E-state index < -0.39 is 17.7 Å². The first-order valence-corrected chi connectivity index (χ1v) is 11.6. The number of carbonyl (C=O) groups excluding carboxylic acids is 3. The van der Waals surface area contributed by atoms with Crippen LogP contribution >= 0.6 is 0 Å². The minimum atomic E-state index is -0.723. The van der Waals surface area contributed by atoms with E-state index in [4.69, 9.17) is 4.74 Å². The summed E-state index contributed by atoms with van der Waals surface area (Å²) in [7, 11) is 1.34. The summed E-state index contributed by atoms with van der Waals surface area (Å²) in [5, 5.41) is 9.79. The highest BCUT2D eigenvalue weighted by molar-refractivity contribution is 6.02. The van der Waals surface area contributed by atoms with Crippen LogP contribution in [-0.4, -0.2) is 36.6 Å². The van der Waals surface area contributed by atoms with Gasteiger partial charge in [-0.1, -0.05) is 42.5 Å². The van der Waals surface area contributed by atoms with E-state index in [2.05, 4.69) is 16.0 Å². The monoisotopic (exact) mass is 447 g/mol. The van der Waals surface area contributed by atoms with Crippen molar-refractivity contribution >= 4 is 23.5 Å². The van der Waals surface area contributed by atoms with Gasteiger partial charge in [0.05, 0.1) is 12.7 Å². The lowest BCUT2D eigenvalue weighted by atomic mass is 9.58. The van der Waals surface area contributed by atoms with Crippen molar-refractivity contribution in [3.8, 4) is 0 Å². The number of methoxy groups -OCH3 is 1. The maximum absolute atomic E-state index is 13.3. The van der Waals surface area contributed by atoms with E-state index in [9.17, 15) is 14.4 Å². The summed E-state index contributed by atoms with van der Waals surface area (Å²) in [6.45, 7) is 0. The molecule has 0 saturated heterocycles. The molecule has 33 heavy (non-hydrogen) atoms. The molecule has 2 bridgehead atoms. The first kappa shape index (κ1) is 21.5. The molecular formula is C26H29N3O4. The van der Waals surface area contributed by atoms with Gasteiger partial charge in [0.15, 0.2) is 0 Å². The molecule has 3 N–H and O–H groups in total. The summed E-state index contributed by atoms with van der Waals surface area (Å²) in [4.78, 5) is 38.5. The van der Waals surface area contributed by atoms with Crippen molar-refractivity contribution in [2.45, 2.75) is 43.8 Å². The Hall–Kier alpha value is -3.35. The molecular weight excluding hydrogens is 418 g/mol. The van der Waals surface area contributed by atoms with Crippen LogP contribution in [0, 0.1) is 17.8 Å². The molecule has 5 atom stereocenters. The highest BCUT2D eigenvalue weighted by Crippen LogP contribution is 2.51. The summed E-state index contributed by atoms with van der Waals surface area (Å²) in [5.74, 6) is -0.528. The summed E-state index contributed by atoms with van der Waals surface area (Å²) >= 11 is 0. The molecule has 1 heterocycles. The van der Waals surface area contributed by atoms with Crippen LogP contribution in [0.4, 0.5) is 5.69 Å². The molecule has 1 spiro atoms. The topological polar surface area (TPSA) is 96.5 Å². The van der Waals surface area contributed by atoms with Crippen LogP contribution in [0.2, 0.25) is 0 Å². The lowest BCUT2D eigenvalue weighted by Gasteiger charge is -2.56. The van der Waals surface area contributed by atoms with Gasteiger partial charge < -0.3 is 20.7 Å². The second-order valence-electron chi connectivity index (χ2n) is 9.45.